The zero-order valence-corrected chi connectivity index (χ0v) is 18.5. The van der Waals surface area contributed by atoms with Gasteiger partial charge in [0, 0.05) is 15.1 Å². The molecule has 0 aromatic carbocycles. The SMILES string of the molecule is CCc1cc(C(=O)OC)c(NC(=S)NNC(=O)c2csc3c2CC[C@@H](C)C3)s1. The predicted molar refractivity (Wildman–Crippen MR) is 117 cm³/mol. The largest absolute Gasteiger partial charge is 0.465 e. The van der Waals surface area contributed by atoms with Crippen LogP contribution in [0.25, 0.3) is 0 Å². The van der Waals surface area contributed by atoms with Gasteiger partial charge in [0.25, 0.3) is 5.91 Å². The second-order valence-electron chi connectivity index (χ2n) is 6.73. The number of hydrazine groups is 1. The number of rotatable bonds is 4. The number of methoxy groups -OCH3 is 1. The van der Waals surface area contributed by atoms with E-state index < -0.39 is 5.97 Å². The summed E-state index contributed by atoms with van der Waals surface area (Å²) in [5.74, 6) is 0.0361. The second-order valence-corrected chi connectivity index (χ2v) is 9.24. The second kappa shape index (κ2) is 9.02. The van der Waals surface area contributed by atoms with Crippen LogP contribution in [0.15, 0.2) is 11.4 Å². The number of carbonyl (C=O) groups is 2. The van der Waals surface area contributed by atoms with Gasteiger partial charge in [0.1, 0.15) is 5.00 Å². The smallest absolute Gasteiger partial charge is 0.340 e. The highest BCUT2D eigenvalue weighted by Crippen LogP contribution is 2.32. The normalized spacial score (nSPS) is 15.5. The fourth-order valence-corrected chi connectivity index (χ4v) is 5.60. The summed E-state index contributed by atoms with van der Waals surface area (Å²) in [6, 6.07) is 1.79. The van der Waals surface area contributed by atoms with Crippen molar-refractivity contribution in [2.45, 2.75) is 39.5 Å². The maximum atomic E-state index is 12.6. The lowest BCUT2D eigenvalue weighted by Crippen LogP contribution is -2.44. The van der Waals surface area contributed by atoms with Crippen molar-refractivity contribution in [3.8, 4) is 0 Å². The molecule has 1 atom stereocenters. The summed E-state index contributed by atoms with van der Waals surface area (Å²) in [6.07, 6.45) is 3.87. The fraction of sp³-hybridized carbons (Fsp3) is 0.421. The van der Waals surface area contributed by atoms with E-state index in [0.29, 0.717) is 22.0 Å². The molecule has 0 aliphatic heterocycles. The minimum atomic E-state index is -0.426. The lowest BCUT2D eigenvalue weighted by molar-refractivity contribution is 0.0602. The molecule has 0 saturated carbocycles. The molecular weight excluding hydrogens is 414 g/mol. The van der Waals surface area contributed by atoms with Crippen LogP contribution in [0.5, 0.6) is 0 Å². The average Bonchev–Trinajstić information content (AvgIpc) is 3.29. The van der Waals surface area contributed by atoms with Gasteiger partial charge in [0.2, 0.25) is 0 Å². The van der Waals surface area contributed by atoms with E-state index in [9.17, 15) is 9.59 Å². The molecule has 0 unspecified atom stereocenters. The van der Waals surface area contributed by atoms with Gasteiger partial charge in [-0.3, -0.25) is 15.6 Å². The maximum Gasteiger partial charge on any atom is 0.340 e. The molecule has 3 rings (SSSR count). The Morgan fingerprint density at radius 3 is 2.82 bits per heavy atom. The van der Waals surface area contributed by atoms with Crippen molar-refractivity contribution in [1.29, 1.82) is 0 Å². The summed E-state index contributed by atoms with van der Waals surface area (Å²) in [5.41, 5.74) is 7.67. The number of hydrogen-bond acceptors (Lipinski definition) is 6. The quantitative estimate of drug-likeness (QED) is 0.382. The van der Waals surface area contributed by atoms with E-state index in [1.807, 2.05) is 12.3 Å². The van der Waals surface area contributed by atoms with Crippen LogP contribution in [0.4, 0.5) is 5.00 Å². The van der Waals surface area contributed by atoms with Crippen LogP contribution in [0.3, 0.4) is 0 Å². The lowest BCUT2D eigenvalue weighted by atomic mass is 9.88. The van der Waals surface area contributed by atoms with Crippen LogP contribution in [0.1, 0.15) is 56.3 Å². The van der Waals surface area contributed by atoms with Crippen molar-refractivity contribution in [3.05, 3.63) is 37.9 Å². The number of thiocarbonyl (C=S) groups is 1. The Bertz CT molecular complexity index is 904. The minimum Gasteiger partial charge on any atom is -0.465 e. The number of nitrogens with one attached hydrogen (secondary N) is 3. The zero-order valence-electron chi connectivity index (χ0n) is 16.0. The number of thiophene rings is 2. The monoisotopic (exact) mass is 437 g/mol. The van der Waals surface area contributed by atoms with E-state index in [1.54, 1.807) is 17.4 Å². The molecule has 0 saturated heterocycles. The average molecular weight is 438 g/mol. The van der Waals surface area contributed by atoms with Crippen molar-refractivity contribution in [1.82, 2.24) is 10.9 Å². The van der Waals surface area contributed by atoms with Crippen LogP contribution in [0, 0.1) is 5.92 Å². The van der Waals surface area contributed by atoms with Crippen molar-refractivity contribution in [3.63, 3.8) is 0 Å². The van der Waals surface area contributed by atoms with Gasteiger partial charge in [-0.25, -0.2) is 4.79 Å². The van der Waals surface area contributed by atoms with Crippen LogP contribution in [-0.4, -0.2) is 24.1 Å². The van der Waals surface area contributed by atoms with E-state index in [-0.39, 0.29) is 11.0 Å². The third kappa shape index (κ3) is 4.53. The topological polar surface area (TPSA) is 79.5 Å². The van der Waals surface area contributed by atoms with Gasteiger partial charge < -0.3 is 10.1 Å². The summed E-state index contributed by atoms with van der Waals surface area (Å²) in [5, 5.41) is 5.69. The molecule has 0 fully saturated rings. The molecule has 0 bridgehead atoms. The van der Waals surface area contributed by atoms with Crippen molar-refractivity contribution < 1.29 is 14.3 Å². The van der Waals surface area contributed by atoms with Crippen molar-refractivity contribution >= 4 is 56.9 Å². The molecule has 2 aromatic rings. The van der Waals surface area contributed by atoms with E-state index in [4.69, 9.17) is 17.0 Å². The maximum absolute atomic E-state index is 12.6. The highest BCUT2D eigenvalue weighted by Gasteiger charge is 2.23. The molecule has 28 heavy (non-hydrogen) atoms. The third-order valence-electron chi connectivity index (χ3n) is 4.70. The highest BCUT2D eigenvalue weighted by atomic mass is 32.1. The number of carbonyl (C=O) groups excluding carboxylic acids is 2. The first-order chi connectivity index (χ1) is 13.4. The Balaban J connectivity index is 1.61. The molecule has 2 aromatic heterocycles. The first-order valence-electron chi connectivity index (χ1n) is 9.10. The summed E-state index contributed by atoms with van der Waals surface area (Å²) in [7, 11) is 1.34. The molecule has 9 heteroatoms. The Hall–Kier alpha value is -1.97. The molecule has 1 aliphatic rings. The van der Waals surface area contributed by atoms with Gasteiger partial charge in [0.15, 0.2) is 5.11 Å². The molecule has 2 heterocycles. The highest BCUT2D eigenvalue weighted by molar-refractivity contribution is 7.80. The van der Waals surface area contributed by atoms with Gasteiger partial charge in [-0.1, -0.05) is 13.8 Å². The number of fused-ring (bicyclic) bond motifs is 1. The standard InChI is InChI=1S/C19H23N3O3S3/c1-4-11-8-13(18(24)25-3)17(28-11)20-19(26)22-21-16(23)14-9-27-15-7-10(2)5-6-12(14)15/h8-10H,4-7H2,1-3H3,(H,21,23)(H2,20,22,26)/t10-/m1/s1. The first kappa shape index (κ1) is 20.8. The van der Waals surface area contributed by atoms with E-state index in [2.05, 4.69) is 23.1 Å². The molecule has 0 radical (unpaired) electrons. The van der Waals surface area contributed by atoms with Crippen LogP contribution >= 0.6 is 34.9 Å². The molecule has 1 aliphatic carbocycles. The van der Waals surface area contributed by atoms with Crippen molar-refractivity contribution in [2.75, 3.05) is 12.4 Å². The van der Waals surface area contributed by atoms with Gasteiger partial charge in [0.05, 0.1) is 18.2 Å². The van der Waals surface area contributed by atoms with Crippen molar-refractivity contribution in [2.24, 2.45) is 5.92 Å². The van der Waals surface area contributed by atoms with Gasteiger partial charge >= 0.3 is 5.97 Å². The molecular formula is C19H23N3O3S3. The number of esters is 1. The molecule has 0 spiro atoms. The van der Waals surface area contributed by atoms with Gasteiger partial charge in [-0.15, -0.1) is 22.7 Å². The summed E-state index contributed by atoms with van der Waals surface area (Å²) in [6.45, 7) is 4.25. The van der Waals surface area contributed by atoms with Gasteiger partial charge in [-0.2, -0.15) is 0 Å². The lowest BCUT2D eigenvalue weighted by Gasteiger charge is -2.19. The molecule has 3 N–H and O–H groups in total. The number of aryl methyl sites for hydroxylation is 1. The zero-order chi connectivity index (χ0) is 20.3. The minimum absolute atomic E-state index is 0.204. The molecule has 1 amide bonds. The van der Waals surface area contributed by atoms with Gasteiger partial charge in [-0.05, 0) is 55.4 Å². The molecule has 6 nitrogen and oxygen atoms in total. The fourth-order valence-electron chi connectivity index (χ4n) is 3.15. The predicted octanol–water partition coefficient (Wildman–Crippen LogP) is 3.91. The van der Waals surface area contributed by atoms with Crippen LogP contribution in [-0.2, 0) is 24.0 Å². The Morgan fingerprint density at radius 1 is 1.32 bits per heavy atom. The Labute approximate surface area is 177 Å². The summed E-state index contributed by atoms with van der Waals surface area (Å²) >= 11 is 8.35. The Morgan fingerprint density at radius 2 is 2.11 bits per heavy atom. The number of ether oxygens (including phenoxy) is 1. The molecule has 150 valence electrons. The third-order valence-corrected chi connectivity index (χ3v) is 7.15. The van der Waals surface area contributed by atoms with E-state index in [1.165, 1.54) is 23.3 Å². The van der Waals surface area contributed by atoms with E-state index >= 15 is 0 Å². The Kier molecular flexibility index (Phi) is 6.69. The van der Waals surface area contributed by atoms with Crippen LogP contribution in [0.2, 0.25) is 0 Å². The number of amides is 1. The summed E-state index contributed by atoms with van der Waals surface area (Å²) < 4.78 is 4.82. The first-order valence-corrected chi connectivity index (χ1v) is 11.2. The van der Waals surface area contributed by atoms with Crippen LogP contribution < -0.4 is 16.2 Å². The number of anilines is 1. The van der Waals surface area contributed by atoms with E-state index in [0.717, 1.165) is 36.1 Å². The summed E-state index contributed by atoms with van der Waals surface area (Å²) in [4.78, 5) is 26.8. The number of hydrogen-bond donors (Lipinski definition) is 3.